The Morgan fingerprint density at radius 1 is 1.10 bits per heavy atom. The third kappa shape index (κ3) is 4.00. The number of nitrogens with one attached hydrogen (secondary N) is 1. The number of nitrogens with zero attached hydrogens (tertiary/aromatic N) is 3. The Kier molecular flexibility index (Phi) is 4.80. The number of hydrogen-bond acceptors (Lipinski definition) is 4. The SMILES string of the molecule is CN1CCN(CCNCc2ccc3cnccc3c2)CC1. The van der Waals surface area contributed by atoms with Gasteiger partial charge in [-0.15, -0.1) is 0 Å². The quantitative estimate of drug-likeness (QED) is 0.845. The molecule has 4 nitrogen and oxygen atoms in total. The van der Waals surface area contributed by atoms with Crippen LogP contribution in [0.5, 0.6) is 0 Å². The average molecular weight is 284 g/mol. The van der Waals surface area contributed by atoms with Gasteiger partial charge in [-0.05, 0) is 30.1 Å². The van der Waals surface area contributed by atoms with Crippen LogP contribution in [0.1, 0.15) is 5.56 Å². The average Bonchev–Trinajstić information content (AvgIpc) is 2.53. The number of benzene rings is 1. The lowest BCUT2D eigenvalue weighted by Crippen LogP contribution is -2.46. The van der Waals surface area contributed by atoms with Gasteiger partial charge in [-0.2, -0.15) is 0 Å². The first-order valence-electron chi connectivity index (χ1n) is 7.75. The molecule has 2 aromatic rings. The maximum absolute atomic E-state index is 4.15. The van der Waals surface area contributed by atoms with E-state index >= 15 is 0 Å². The lowest BCUT2D eigenvalue weighted by atomic mass is 10.1. The van der Waals surface area contributed by atoms with E-state index in [2.05, 4.69) is 51.4 Å². The molecule has 1 aliphatic heterocycles. The van der Waals surface area contributed by atoms with E-state index in [1.807, 2.05) is 12.4 Å². The van der Waals surface area contributed by atoms with Crippen molar-refractivity contribution < 1.29 is 0 Å². The van der Waals surface area contributed by atoms with E-state index in [0.717, 1.165) is 19.6 Å². The fourth-order valence-corrected chi connectivity index (χ4v) is 2.78. The van der Waals surface area contributed by atoms with Gasteiger partial charge in [-0.25, -0.2) is 0 Å². The highest BCUT2D eigenvalue weighted by Gasteiger charge is 2.12. The van der Waals surface area contributed by atoms with Crippen molar-refractivity contribution in [2.24, 2.45) is 0 Å². The Hall–Kier alpha value is -1.49. The van der Waals surface area contributed by atoms with E-state index in [-0.39, 0.29) is 0 Å². The van der Waals surface area contributed by atoms with E-state index in [1.165, 1.54) is 42.5 Å². The number of piperazine rings is 1. The molecular weight excluding hydrogens is 260 g/mol. The highest BCUT2D eigenvalue weighted by atomic mass is 15.2. The lowest BCUT2D eigenvalue weighted by molar-refractivity contribution is 0.154. The minimum Gasteiger partial charge on any atom is -0.311 e. The van der Waals surface area contributed by atoms with Crippen LogP contribution >= 0.6 is 0 Å². The maximum atomic E-state index is 4.15. The largest absolute Gasteiger partial charge is 0.311 e. The first-order valence-corrected chi connectivity index (χ1v) is 7.75. The summed E-state index contributed by atoms with van der Waals surface area (Å²) < 4.78 is 0. The van der Waals surface area contributed by atoms with Gasteiger partial charge in [0.2, 0.25) is 0 Å². The summed E-state index contributed by atoms with van der Waals surface area (Å²) in [6.45, 7) is 7.91. The van der Waals surface area contributed by atoms with Crippen molar-refractivity contribution in [3.05, 3.63) is 42.2 Å². The Morgan fingerprint density at radius 2 is 1.95 bits per heavy atom. The van der Waals surface area contributed by atoms with Crippen molar-refractivity contribution in [2.45, 2.75) is 6.54 Å². The number of fused-ring (bicyclic) bond motifs is 1. The summed E-state index contributed by atoms with van der Waals surface area (Å²) in [6.07, 6.45) is 3.77. The van der Waals surface area contributed by atoms with Crippen LogP contribution in [-0.4, -0.2) is 61.1 Å². The molecular formula is C17H24N4. The van der Waals surface area contributed by atoms with E-state index in [1.54, 1.807) is 0 Å². The summed E-state index contributed by atoms with van der Waals surface area (Å²) in [6, 6.07) is 8.66. The second-order valence-corrected chi connectivity index (χ2v) is 5.88. The fraction of sp³-hybridized carbons (Fsp3) is 0.471. The molecule has 0 unspecified atom stereocenters. The smallest absolute Gasteiger partial charge is 0.0346 e. The third-order valence-electron chi connectivity index (χ3n) is 4.23. The summed E-state index contributed by atoms with van der Waals surface area (Å²) in [5, 5.41) is 6.03. The number of hydrogen-bond donors (Lipinski definition) is 1. The summed E-state index contributed by atoms with van der Waals surface area (Å²) >= 11 is 0. The van der Waals surface area contributed by atoms with Crippen molar-refractivity contribution in [3.8, 4) is 0 Å². The van der Waals surface area contributed by atoms with Crippen LogP contribution in [0, 0.1) is 0 Å². The zero-order chi connectivity index (χ0) is 14.5. The monoisotopic (exact) mass is 284 g/mol. The normalized spacial score (nSPS) is 17.4. The van der Waals surface area contributed by atoms with Gasteiger partial charge in [-0.1, -0.05) is 12.1 Å². The second kappa shape index (κ2) is 6.98. The van der Waals surface area contributed by atoms with Gasteiger partial charge < -0.3 is 10.2 Å². The van der Waals surface area contributed by atoms with E-state index < -0.39 is 0 Å². The molecule has 1 saturated heterocycles. The topological polar surface area (TPSA) is 31.4 Å². The van der Waals surface area contributed by atoms with E-state index in [4.69, 9.17) is 0 Å². The minimum atomic E-state index is 0.937. The second-order valence-electron chi connectivity index (χ2n) is 5.88. The molecule has 0 aliphatic carbocycles. The van der Waals surface area contributed by atoms with Crippen molar-refractivity contribution in [1.29, 1.82) is 0 Å². The van der Waals surface area contributed by atoms with Crippen LogP contribution in [0.3, 0.4) is 0 Å². The Bertz CT molecular complexity index is 576. The molecule has 1 N–H and O–H groups in total. The molecule has 1 fully saturated rings. The van der Waals surface area contributed by atoms with Crippen molar-refractivity contribution >= 4 is 10.8 Å². The highest BCUT2D eigenvalue weighted by Crippen LogP contribution is 2.14. The van der Waals surface area contributed by atoms with Crippen LogP contribution in [-0.2, 0) is 6.54 Å². The number of pyridine rings is 1. The van der Waals surface area contributed by atoms with Gasteiger partial charge in [0.25, 0.3) is 0 Å². The molecule has 1 aromatic heterocycles. The van der Waals surface area contributed by atoms with Gasteiger partial charge in [-0.3, -0.25) is 9.88 Å². The lowest BCUT2D eigenvalue weighted by Gasteiger charge is -2.32. The Labute approximate surface area is 126 Å². The molecule has 1 aliphatic rings. The zero-order valence-corrected chi connectivity index (χ0v) is 12.8. The van der Waals surface area contributed by atoms with Crippen LogP contribution in [0.4, 0.5) is 0 Å². The first kappa shape index (κ1) is 14.4. The molecule has 0 radical (unpaired) electrons. The maximum Gasteiger partial charge on any atom is 0.0346 e. The van der Waals surface area contributed by atoms with Gasteiger partial charge in [0.1, 0.15) is 0 Å². The molecule has 1 aromatic carbocycles. The molecule has 0 amide bonds. The number of likely N-dealkylation sites (N-methyl/N-ethyl adjacent to an activating group) is 1. The van der Waals surface area contributed by atoms with Crippen LogP contribution in [0.25, 0.3) is 10.8 Å². The Morgan fingerprint density at radius 3 is 2.81 bits per heavy atom. The summed E-state index contributed by atoms with van der Waals surface area (Å²) in [7, 11) is 2.20. The van der Waals surface area contributed by atoms with Gasteiger partial charge in [0, 0.05) is 63.6 Å². The molecule has 4 heteroatoms. The highest BCUT2D eigenvalue weighted by molar-refractivity contribution is 5.81. The van der Waals surface area contributed by atoms with Gasteiger partial charge >= 0.3 is 0 Å². The molecule has 112 valence electrons. The molecule has 0 saturated carbocycles. The Balaban J connectivity index is 1.44. The predicted molar refractivity (Wildman–Crippen MR) is 87.4 cm³/mol. The molecule has 3 rings (SSSR count). The molecule has 0 spiro atoms. The minimum absolute atomic E-state index is 0.937. The number of aromatic nitrogens is 1. The van der Waals surface area contributed by atoms with E-state index in [9.17, 15) is 0 Å². The summed E-state index contributed by atoms with van der Waals surface area (Å²) in [5.74, 6) is 0. The molecule has 2 heterocycles. The van der Waals surface area contributed by atoms with Crippen molar-refractivity contribution in [2.75, 3.05) is 46.3 Å². The predicted octanol–water partition coefficient (Wildman–Crippen LogP) is 1.57. The number of rotatable bonds is 5. The summed E-state index contributed by atoms with van der Waals surface area (Å²) in [4.78, 5) is 9.09. The fourth-order valence-electron chi connectivity index (χ4n) is 2.78. The van der Waals surface area contributed by atoms with Crippen molar-refractivity contribution in [3.63, 3.8) is 0 Å². The van der Waals surface area contributed by atoms with Crippen LogP contribution < -0.4 is 5.32 Å². The van der Waals surface area contributed by atoms with Crippen LogP contribution in [0.15, 0.2) is 36.7 Å². The van der Waals surface area contributed by atoms with E-state index in [0.29, 0.717) is 0 Å². The third-order valence-corrected chi connectivity index (χ3v) is 4.23. The van der Waals surface area contributed by atoms with Crippen molar-refractivity contribution in [1.82, 2.24) is 20.1 Å². The van der Waals surface area contributed by atoms with Gasteiger partial charge in [0.05, 0.1) is 0 Å². The van der Waals surface area contributed by atoms with Gasteiger partial charge in [0.15, 0.2) is 0 Å². The first-order chi connectivity index (χ1) is 10.3. The summed E-state index contributed by atoms with van der Waals surface area (Å²) in [5.41, 5.74) is 1.34. The molecule has 0 bridgehead atoms. The van der Waals surface area contributed by atoms with Crippen LogP contribution in [0.2, 0.25) is 0 Å². The molecule has 21 heavy (non-hydrogen) atoms. The standard InChI is InChI=1S/C17H24N4/c1-20-8-10-21(11-9-20)7-6-19-13-15-2-3-17-14-18-5-4-16(17)12-15/h2-5,12,14,19H,6-11,13H2,1H3. The molecule has 0 atom stereocenters. The zero-order valence-electron chi connectivity index (χ0n) is 12.8.